The monoisotopic (exact) mass is 441 g/mol. The quantitative estimate of drug-likeness (QED) is 0.661. The van der Waals surface area contributed by atoms with Gasteiger partial charge in [-0.2, -0.15) is 0 Å². The fourth-order valence-electron chi connectivity index (χ4n) is 4.74. The first kappa shape index (κ1) is 21.7. The lowest BCUT2D eigenvalue weighted by Crippen LogP contribution is -2.53. The number of amides is 2. The third-order valence-electron chi connectivity index (χ3n) is 6.40. The van der Waals surface area contributed by atoms with E-state index in [1.807, 2.05) is 24.3 Å². The number of methoxy groups -OCH3 is 1. The van der Waals surface area contributed by atoms with Gasteiger partial charge in [0.25, 0.3) is 5.91 Å². The van der Waals surface area contributed by atoms with Gasteiger partial charge in [0.2, 0.25) is 5.91 Å². The van der Waals surface area contributed by atoms with E-state index in [0.29, 0.717) is 27.6 Å². The molecule has 1 atom stereocenters. The van der Waals surface area contributed by atoms with E-state index in [-0.39, 0.29) is 24.4 Å². The molecule has 1 saturated carbocycles. The van der Waals surface area contributed by atoms with Crippen molar-refractivity contribution in [2.45, 2.75) is 37.6 Å². The molecule has 2 aromatic rings. The molecule has 6 nitrogen and oxygen atoms in total. The highest BCUT2D eigenvalue weighted by atomic mass is 35.5. The fraction of sp³-hybridized carbons (Fsp3) is 0.417. The van der Waals surface area contributed by atoms with Crippen molar-refractivity contribution < 1.29 is 14.3 Å². The maximum absolute atomic E-state index is 13.4. The van der Waals surface area contributed by atoms with Crippen molar-refractivity contribution in [2.75, 3.05) is 26.1 Å². The van der Waals surface area contributed by atoms with Crippen LogP contribution in [0.5, 0.6) is 5.75 Å². The molecule has 31 heavy (non-hydrogen) atoms. The molecule has 0 spiro atoms. The Balaban J connectivity index is 1.70. The summed E-state index contributed by atoms with van der Waals surface area (Å²) in [5.74, 6) is 0.529. The van der Waals surface area contributed by atoms with Gasteiger partial charge in [-0.3, -0.25) is 14.9 Å². The highest BCUT2D eigenvalue weighted by molar-refractivity contribution is 6.31. The number of halogens is 1. The smallest absolute Gasteiger partial charge is 0.254 e. The summed E-state index contributed by atoms with van der Waals surface area (Å²) in [4.78, 5) is 28.1. The first-order valence-corrected chi connectivity index (χ1v) is 11.1. The molecule has 2 aliphatic rings. The number of fused-ring (bicyclic) bond motifs is 1. The van der Waals surface area contributed by atoms with Crippen LogP contribution in [0.2, 0.25) is 5.02 Å². The van der Waals surface area contributed by atoms with Crippen LogP contribution in [0.1, 0.15) is 43.2 Å². The average Bonchev–Trinajstić information content (AvgIpc) is 3.08. The molecule has 0 radical (unpaired) electrons. The van der Waals surface area contributed by atoms with Crippen molar-refractivity contribution in [3.05, 3.63) is 58.6 Å². The number of carbonyl (C=O) groups is 2. The molecule has 164 valence electrons. The van der Waals surface area contributed by atoms with Gasteiger partial charge in [0.05, 0.1) is 13.8 Å². The zero-order chi connectivity index (χ0) is 22.0. The summed E-state index contributed by atoms with van der Waals surface area (Å²) >= 11 is 6.31. The second kappa shape index (κ2) is 8.89. The van der Waals surface area contributed by atoms with Crippen LogP contribution in [0.4, 0.5) is 5.69 Å². The molecule has 1 aliphatic carbocycles. The van der Waals surface area contributed by atoms with Crippen molar-refractivity contribution in [2.24, 2.45) is 5.92 Å². The SMILES string of the molecule is COc1ccccc1C1(NCN(C)C(=O)C2CCCCC2)C(=O)Nc2ccc(Cl)cc21. The topological polar surface area (TPSA) is 70.7 Å². The summed E-state index contributed by atoms with van der Waals surface area (Å²) in [5, 5.41) is 6.89. The minimum absolute atomic E-state index is 0.0573. The molecule has 2 N–H and O–H groups in total. The summed E-state index contributed by atoms with van der Waals surface area (Å²) in [6.45, 7) is 0.215. The molecular formula is C24H28ClN3O3. The number of hydrogen-bond donors (Lipinski definition) is 2. The van der Waals surface area contributed by atoms with Crippen LogP contribution >= 0.6 is 11.6 Å². The molecule has 2 amide bonds. The van der Waals surface area contributed by atoms with Crippen LogP contribution in [0.25, 0.3) is 0 Å². The van der Waals surface area contributed by atoms with Crippen LogP contribution < -0.4 is 15.4 Å². The van der Waals surface area contributed by atoms with Crippen molar-refractivity contribution in [3.8, 4) is 5.75 Å². The standard InChI is InChI=1S/C24H28ClN3O3/c1-28(22(29)16-8-4-3-5-9-16)15-26-24(18-10-6-7-11-21(18)31-2)19-14-17(25)12-13-20(19)27-23(24)30/h6-7,10-14,16,26H,3-5,8-9,15H2,1-2H3,(H,27,30). The second-order valence-corrected chi connectivity index (χ2v) is 8.74. The van der Waals surface area contributed by atoms with Crippen LogP contribution in [0.15, 0.2) is 42.5 Å². The van der Waals surface area contributed by atoms with Crippen LogP contribution in [-0.2, 0) is 15.1 Å². The van der Waals surface area contributed by atoms with Gasteiger partial charge < -0.3 is 15.0 Å². The van der Waals surface area contributed by atoms with Gasteiger partial charge in [-0.1, -0.05) is 49.1 Å². The van der Waals surface area contributed by atoms with E-state index < -0.39 is 5.54 Å². The van der Waals surface area contributed by atoms with Crippen molar-refractivity contribution in [1.29, 1.82) is 0 Å². The predicted molar refractivity (Wildman–Crippen MR) is 121 cm³/mol. The lowest BCUT2D eigenvalue weighted by atomic mass is 9.83. The largest absolute Gasteiger partial charge is 0.496 e. The van der Waals surface area contributed by atoms with Gasteiger partial charge in [-0.25, -0.2) is 0 Å². The maximum atomic E-state index is 13.4. The third kappa shape index (κ3) is 3.90. The van der Waals surface area contributed by atoms with E-state index in [1.165, 1.54) is 6.42 Å². The maximum Gasteiger partial charge on any atom is 0.254 e. The summed E-state index contributed by atoms with van der Waals surface area (Å²) in [7, 11) is 3.36. The number of anilines is 1. The van der Waals surface area contributed by atoms with E-state index >= 15 is 0 Å². The molecule has 1 heterocycles. The fourth-order valence-corrected chi connectivity index (χ4v) is 4.92. The first-order valence-electron chi connectivity index (χ1n) is 10.7. The van der Waals surface area contributed by atoms with Gasteiger partial charge in [0.15, 0.2) is 5.54 Å². The zero-order valence-corrected chi connectivity index (χ0v) is 18.7. The number of nitrogens with zero attached hydrogens (tertiary/aromatic N) is 1. The van der Waals surface area contributed by atoms with Crippen molar-refractivity contribution >= 4 is 29.1 Å². The van der Waals surface area contributed by atoms with Gasteiger partial charge in [0.1, 0.15) is 5.75 Å². The van der Waals surface area contributed by atoms with E-state index in [9.17, 15) is 9.59 Å². The highest BCUT2D eigenvalue weighted by Gasteiger charge is 2.50. The minimum atomic E-state index is -1.23. The number of ether oxygens (including phenoxy) is 1. The number of rotatable bonds is 6. The molecule has 7 heteroatoms. The Morgan fingerprint density at radius 3 is 2.68 bits per heavy atom. The van der Waals surface area contributed by atoms with Crippen LogP contribution in [0.3, 0.4) is 0 Å². The van der Waals surface area contributed by atoms with Crippen molar-refractivity contribution in [1.82, 2.24) is 10.2 Å². The summed E-state index contributed by atoms with van der Waals surface area (Å²) in [6.07, 6.45) is 5.24. The lowest BCUT2D eigenvalue weighted by Gasteiger charge is -2.34. The highest BCUT2D eigenvalue weighted by Crippen LogP contribution is 2.45. The Hall–Kier alpha value is -2.57. The molecule has 1 unspecified atom stereocenters. The lowest BCUT2D eigenvalue weighted by molar-refractivity contribution is -0.136. The molecule has 0 saturated heterocycles. The molecule has 2 aromatic carbocycles. The molecule has 0 aromatic heterocycles. The van der Waals surface area contributed by atoms with Gasteiger partial charge in [-0.15, -0.1) is 0 Å². The molecular weight excluding hydrogens is 414 g/mol. The number of hydrogen-bond acceptors (Lipinski definition) is 4. The van der Waals surface area contributed by atoms with E-state index in [2.05, 4.69) is 10.6 Å². The minimum Gasteiger partial charge on any atom is -0.496 e. The third-order valence-corrected chi connectivity index (χ3v) is 6.63. The predicted octanol–water partition coefficient (Wildman–Crippen LogP) is 4.13. The summed E-state index contributed by atoms with van der Waals surface area (Å²) < 4.78 is 5.59. The van der Waals surface area contributed by atoms with E-state index in [1.54, 1.807) is 37.3 Å². The number of nitrogens with one attached hydrogen (secondary N) is 2. The number of carbonyl (C=O) groups excluding carboxylic acids is 2. The molecule has 1 fully saturated rings. The Labute approximate surface area is 187 Å². The Morgan fingerprint density at radius 2 is 1.94 bits per heavy atom. The molecule has 4 rings (SSSR count). The first-order chi connectivity index (χ1) is 15.0. The normalized spacial score (nSPS) is 20.8. The number of benzene rings is 2. The second-order valence-electron chi connectivity index (χ2n) is 8.30. The Bertz CT molecular complexity index is 990. The Kier molecular flexibility index (Phi) is 6.21. The zero-order valence-electron chi connectivity index (χ0n) is 17.9. The summed E-state index contributed by atoms with van der Waals surface area (Å²) in [5.41, 5.74) is 0.852. The van der Waals surface area contributed by atoms with Crippen LogP contribution in [-0.4, -0.2) is 37.5 Å². The molecule has 0 bridgehead atoms. The van der Waals surface area contributed by atoms with Gasteiger partial charge in [-0.05, 0) is 37.1 Å². The number of para-hydroxylation sites is 1. The summed E-state index contributed by atoms with van der Waals surface area (Å²) in [6, 6.07) is 12.8. The van der Waals surface area contributed by atoms with E-state index in [4.69, 9.17) is 16.3 Å². The van der Waals surface area contributed by atoms with Gasteiger partial charge >= 0.3 is 0 Å². The Morgan fingerprint density at radius 1 is 1.19 bits per heavy atom. The van der Waals surface area contributed by atoms with Crippen LogP contribution in [0, 0.1) is 5.92 Å². The van der Waals surface area contributed by atoms with Crippen molar-refractivity contribution in [3.63, 3.8) is 0 Å². The average molecular weight is 442 g/mol. The van der Waals surface area contributed by atoms with E-state index in [0.717, 1.165) is 25.7 Å². The molecule has 1 aliphatic heterocycles. The van der Waals surface area contributed by atoms with Gasteiger partial charge in [0, 0.05) is 34.8 Å².